The van der Waals surface area contributed by atoms with E-state index in [1.807, 2.05) is 48.5 Å². The number of benzene rings is 2. The lowest BCUT2D eigenvalue weighted by Gasteiger charge is -2.12. The van der Waals surface area contributed by atoms with Crippen molar-refractivity contribution in [3.05, 3.63) is 60.4 Å². The molecule has 0 unspecified atom stereocenters. The number of imidazole rings is 1. The van der Waals surface area contributed by atoms with Crippen LogP contribution in [0.1, 0.15) is 19.7 Å². The van der Waals surface area contributed by atoms with Gasteiger partial charge in [-0.15, -0.1) is 0 Å². The topological polar surface area (TPSA) is 56.2 Å². The van der Waals surface area contributed by atoms with Gasteiger partial charge in [-0.1, -0.05) is 44.2 Å². The van der Waals surface area contributed by atoms with Gasteiger partial charge in [0, 0.05) is 6.54 Å². The minimum absolute atomic E-state index is 0.00553. The summed E-state index contributed by atoms with van der Waals surface area (Å²) in [5, 5.41) is 2.90. The molecule has 0 spiro atoms. The van der Waals surface area contributed by atoms with Gasteiger partial charge in [-0.25, -0.2) is 4.98 Å². The summed E-state index contributed by atoms with van der Waals surface area (Å²) in [6.45, 7) is 5.59. The van der Waals surface area contributed by atoms with E-state index in [-0.39, 0.29) is 12.5 Å². The lowest BCUT2D eigenvalue weighted by Crippen LogP contribution is -2.29. The second kappa shape index (κ2) is 7.83. The Morgan fingerprint density at radius 3 is 2.60 bits per heavy atom. The van der Waals surface area contributed by atoms with Crippen molar-refractivity contribution in [2.45, 2.75) is 26.9 Å². The molecule has 1 N–H and O–H groups in total. The molecule has 130 valence electrons. The second-order valence-electron chi connectivity index (χ2n) is 6.40. The number of hydrogen-bond donors (Lipinski definition) is 1. The molecule has 0 fully saturated rings. The lowest BCUT2D eigenvalue weighted by molar-refractivity contribution is -0.123. The van der Waals surface area contributed by atoms with E-state index in [0.717, 1.165) is 23.4 Å². The van der Waals surface area contributed by atoms with Crippen LogP contribution in [0.5, 0.6) is 5.75 Å². The molecule has 2 aromatic carbocycles. The quantitative estimate of drug-likeness (QED) is 0.719. The molecule has 0 aliphatic rings. The van der Waals surface area contributed by atoms with Crippen LogP contribution in [0.2, 0.25) is 0 Å². The number of carbonyl (C=O) groups excluding carboxylic acids is 1. The molecule has 1 aromatic heterocycles. The van der Waals surface area contributed by atoms with Gasteiger partial charge in [-0.3, -0.25) is 4.79 Å². The van der Waals surface area contributed by atoms with Crippen LogP contribution in [0.15, 0.2) is 54.6 Å². The van der Waals surface area contributed by atoms with Gasteiger partial charge in [0.2, 0.25) is 0 Å². The summed E-state index contributed by atoms with van der Waals surface area (Å²) in [6, 6.07) is 17.4. The molecular weight excluding hydrogens is 314 g/mol. The second-order valence-corrected chi connectivity index (χ2v) is 6.40. The highest BCUT2D eigenvalue weighted by Crippen LogP contribution is 2.17. The van der Waals surface area contributed by atoms with Gasteiger partial charge >= 0.3 is 0 Å². The van der Waals surface area contributed by atoms with E-state index >= 15 is 0 Å². The summed E-state index contributed by atoms with van der Waals surface area (Å²) < 4.78 is 7.65. The van der Waals surface area contributed by atoms with Crippen LogP contribution < -0.4 is 10.1 Å². The Morgan fingerprint density at radius 1 is 1.12 bits per heavy atom. The molecule has 3 aromatic rings. The zero-order valence-electron chi connectivity index (χ0n) is 14.6. The summed E-state index contributed by atoms with van der Waals surface area (Å²) in [4.78, 5) is 16.7. The smallest absolute Gasteiger partial charge is 0.258 e. The Hall–Kier alpha value is -2.82. The summed E-state index contributed by atoms with van der Waals surface area (Å²) in [6.07, 6.45) is 0. The first-order valence-electron chi connectivity index (χ1n) is 8.52. The van der Waals surface area contributed by atoms with Crippen LogP contribution in [0, 0.1) is 5.92 Å². The van der Waals surface area contributed by atoms with Gasteiger partial charge in [-0.2, -0.15) is 0 Å². The molecule has 3 rings (SSSR count). The lowest BCUT2D eigenvalue weighted by atomic mass is 10.2. The Balaban J connectivity index is 1.65. The number of hydrogen-bond acceptors (Lipinski definition) is 3. The zero-order valence-corrected chi connectivity index (χ0v) is 14.6. The van der Waals surface area contributed by atoms with Crippen LogP contribution in [0.3, 0.4) is 0 Å². The predicted molar refractivity (Wildman–Crippen MR) is 98.4 cm³/mol. The Kier molecular flexibility index (Phi) is 5.33. The third kappa shape index (κ3) is 4.38. The number of rotatable bonds is 7. The minimum Gasteiger partial charge on any atom is -0.484 e. The van der Waals surface area contributed by atoms with E-state index < -0.39 is 0 Å². The fraction of sp³-hybridized carbons (Fsp3) is 0.300. The first-order chi connectivity index (χ1) is 12.1. The van der Waals surface area contributed by atoms with E-state index in [9.17, 15) is 4.79 Å². The van der Waals surface area contributed by atoms with Gasteiger partial charge in [0.1, 0.15) is 11.6 Å². The molecule has 0 atom stereocenters. The molecule has 5 nitrogen and oxygen atoms in total. The van der Waals surface area contributed by atoms with Crippen molar-refractivity contribution in [1.82, 2.24) is 14.9 Å². The maximum absolute atomic E-state index is 12.1. The first kappa shape index (κ1) is 17.0. The SMILES string of the molecule is CC(C)Cn1c(CNC(=O)COc2ccccc2)nc2ccccc21. The van der Waals surface area contributed by atoms with E-state index in [1.54, 1.807) is 0 Å². The monoisotopic (exact) mass is 337 g/mol. The first-order valence-corrected chi connectivity index (χ1v) is 8.52. The highest BCUT2D eigenvalue weighted by Gasteiger charge is 2.12. The maximum atomic E-state index is 12.1. The highest BCUT2D eigenvalue weighted by molar-refractivity contribution is 5.78. The third-order valence-corrected chi connectivity index (χ3v) is 3.84. The molecule has 0 saturated carbocycles. The molecule has 5 heteroatoms. The van der Waals surface area contributed by atoms with Crippen molar-refractivity contribution in [2.24, 2.45) is 5.92 Å². The molecule has 1 amide bonds. The molecule has 1 heterocycles. The van der Waals surface area contributed by atoms with E-state index in [0.29, 0.717) is 18.2 Å². The Labute approximate surface area is 147 Å². The standard InChI is InChI=1S/C20H23N3O2/c1-15(2)13-23-18-11-7-6-10-17(18)22-19(23)12-21-20(24)14-25-16-8-4-3-5-9-16/h3-11,15H,12-14H2,1-2H3,(H,21,24). The Bertz CT molecular complexity index is 841. The van der Waals surface area contributed by atoms with Crippen molar-refractivity contribution < 1.29 is 9.53 Å². The Morgan fingerprint density at radius 2 is 1.84 bits per heavy atom. The van der Waals surface area contributed by atoms with Crippen LogP contribution in [0.4, 0.5) is 0 Å². The van der Waals surface area contributed by atoms with Gasteiger partial charge in [-0.05, 0) is 30.2 Å². The van der Waals surface area contributed by atoms with Crippen LogP contribution in [0.25, 0.3) is 11.0 Å². The number of amides is 1. The molecule has 0 aliphatic carbocycles. The molecule has 0 radical (unpaired) electrons. The van der Waals surface area contributed by atoms with E-state index in [4.69, 9.17) is 4.74 Å². The summed E-state index contributed by atoms with van der Waals surface area (Å²) in [5.41, 5.74) is 2.05. The molecular formula is C20H23N3O2. The van der Waals surface area contributed by atoms with Crippen molar-refractivity contribution in [1.29, 1.82) is 0 Å². The van der Waals surface area contributed by atoms with Crippen molar-refractivity contribution >= 4 is 16.9 Å². The van der Waals surface area contributed by atoms with Gasteiger partial charge in [0.25, 0.3) is 5.91 Å². The molecule has 0 bridgehead atoms. The van der Waals surface area contributed by atoms with Crippen LogP contribution in [-0.4, -0.2) is 22.1 Å². The van der Waals surface area contributed by atoms with E-state index in [2.05, 4.69) is 34.8 Å². The van der Waals surface area contributed by atoms with Crippen LogP contribution in [-0.2, 0) is 17.9 Å². The largest absolute Gasteiger partial charge is 0.484 e. The number of aromatic nitrogens is 2. The van der Waals surface area contributed by atoms with E-state index in [1.165, 1.54) is 0 Å². The fourth-order valence-corrected chi connectivity index (χ4v) is 2.72. The highest BCUT2D eigenvalue weighted by atomic mass is 16.5. The minimum atomic E-state index is -0.160. The van der Waals surface area contributed by atoms with Crippen LogP contribution >= 0.6 is 0 Å². The van der Waals surface area contributed by atoms with Gasteiger partial charge < -0.3 is 14.6 Å². The summed E-state index contributed by atoms with van der Waals surface area (Å²) in [5.74, 6) is 1.88. The van der Waals surface area contributed by atoms with Crippen molar-refractivity contribution in [3.63, 3.8) is 0 Å². The predicted octanol–water partition coefficient (Wildman–Crippen LogP) is 3.39. The van der Waals surface area contributed by atoms with Gasteiger partial charge in [0.15, 0.2) is 6.61 Å². The average molecular weight is 337 g/mol. The molecule has 0 aliphatic heterocycles. The number of ether oxygens (including phenoxy) is 1. The summed E-state index contributed by atoms with van der Waals surface area (Å²) in [7, 11) is 0. The maximum Gasteiger partial charge on any atom is 0.258 e. The van der Waals surface area contributed by atoms with Crippen molar-refractivity contribution in [2.75, 3.05) is 6.61 Å². The number of fused-ring (bicyclic) bond motifs is 1. The fourth-order valence-electron chi connectivity index (χ4n) is 2.72. The number of carbonyl (C=O) groups is 1. The third-order valence-electron chi connectivity index (χ3n) is 3.84. The van der Waals surface area contributed by atoms with Crippen molar-refractivity contribution in [3.8, 4) is 5.75 Å². The average Bonchev–Trinajstić information content (AvgIpc) is 2.96. The zero-order chi connectivity index (χ0) is 17.6. The molecule has 0 saturated heterocycles. The number of para-hydroxylation sites is 3. The number of nitrogens with zero attached hydrogens (tertiary/aromatic N) is 2. The number of nitrogens with one attached hydrogen (secondary N) is 1. The summed E-state index contributed by atoms with van der Waals surface area (Å²) >= 11 is 0. The normalized spacial score (nSPS) is 11.0. The molecule has 25 heavy (non-hydrogen) atoms. The van der Waals surface area contributed by atoms with Gasteiger partial charge in [0.05, 0.1) is 17.6 Å².